The normalized spacial score (nSPS) is 10.9. The van der Waals surface area contributed by atoms with Gasteiger partial charge in [0.05, 0.1) is 6.42 Å². The van der Waals surface area contributed by atoms with E-state index in [-0.39, 0.29) is 11.7 Å². The Hall–Kier alpha value is -2.95. The molecular formula is C21H19F2NO2. The van der Waals surface area contributed by atoms with Gasteiger partial charge in [-0.15, -0.1) is 0 Å². The highest BCUT2D eigenvalue weighted by molar-refractivity contribution is 5.85. The van der Waals surface area contributed by atoms with E-state index in [2.05, 4.69) is 10.1 Å². The zero-order valence-electron chi connectivity index (χ0n) is 14.1. The third-order valence-electron chi connectivity index (χ3n) is 4.06. The molecule has 134 valence electrons. The van der Waals surface area contributed by atoms with Crippen molar-refractivity contribution in [3.05, 3.63) is 77.9 Å². The number of rotatable bonds is 7. The molecule has 0 spiro atoms. The van der Waals surface area contributed by atoms with E-state index in [0.717, 1.165) is 21.9 Å². The van der Waals surface area contributed by atoms with Gasteiger partial charge in [0.2, 0.25) is 5.91 Å². The Bertz CT molecular complexity index is 879. The Morgan fingerprint density at radius 1 is 0.923 bits per heavy atom. The number of hydrogen-bond acceptors (Lipinski definition) is 2. The number of alkyl halides is 2. The maximum absolute atomic E-state index is 12.1. The van der Waals surface area contributed by atoms with Crippen molar-refractivity contribution in [2.45, 2.75) is 19.5 Å². The third kappa shape index (κ3) is 5.02. The highest BCUT2D eigenvalue weighted by atomic mass is 19.3. The molecule has 3 aromatic rings. The molecule has 0 heterocycles. The lowest BCUT2D eigenvalue weighted by Gasteiger charge is -2.08. The molecule has 3 nitrogen and oxygen atoms in total. The lowest BCUT2D eigenvalue weighted by atomic mass is 10.0. The topological polar surface area (TPSA) is 38.3 Å². The second kappa shape index (κ2) is 8.43. The summed E-state index contributed by atoms with van der Waals surface area (Å²) in [5, 5.41) is 5.15. The van der Waals surface area contributed by atoms with Gasteiger partial charge in [-0.05, 0) is 40.5 Å². The number of halogens is 2. The average molecular weight is 355 g/mol. The van der Waals surface area contributed by atoms with Gasteiger partial charge in [-0.1, -0.05) is 54.6 Å². The predicted molar refractivity (Wildman–Crippen MR) is 97.4 cm³/mol. The van der Waals surface area contributed by atoms with Crippen LogP contribution in [0.5, 0.6) is 5.75 Å². The summed E-state index contributed by atoms with van der Waals surface area (Å²) in [6.45, 7) is -2.34. The van der Waals surface area contributed by atoms with Crippen molar-refractivity contribution in [3.8, 4) is 5.75 Å². The van der Waals surface area contributed by atoms with Crippen LogP contribution in [0.1, 0.15) is 11.1 Å². The molecule has 0 aliphatic heterocycles. The van der Waals surface area contributed by atoms with E-state index in [1.54, 1.807) is 12.1 Å². The summed E-state index contributed by atoms with van der Waals surface area (Å²) in [5.74, 6) is 0.0852. The molecule has 0 aliphatic carbocycles. The minimum atomic E-state index is -2.82. The van der Waals surface area contributed by atoms with Gasteiger partial charge in [-0.3, -0.25) is 4.79 Å². The molecule has 0 bridgehead atoms. The molecule has 0 atom stereocenters. The number of amides is 1. The highest BCUT2D eigenvalue weighted by Gasteiger charge is 2.06. The molecule has 1 amide bonds. The van der Waals surface area contributed by atoms with E-state index in [4.69, 9.17) is 0 Å². The molecule has 0 saturated carbocycles. The minimum absolute atomic E-state index is 0.0436. The van der Waals surface area contributed by atoms with Gasteiger partial charge in [-0.25, -0.2) is 0 Å². The van der Waals surface area contributed by atoms with Gasteiger partial charge in [-0.2, -0.15) is 8.78 Å². The molecule has 1 N–H and O–H groups in total. The molecular weight excluding hydrogens is 336 g/mol. The van der Waals surface area contributed by atoms with E-state index >= 15 is 0 Å². The second-order valence-electron chi connectivity index (χ2n) is 5.98. The number of nitrogens with one attached hydrogen (secondary N) is 1. The molecule has 0 radical (unpaired) electrons. The monoisotopic (exact) mass is 355 g/mol. The summed E-state index contributed by atoms with van der Waals surface area (Å²) in [5.41, 5.74) is 1.91. The van der Waals surface area contributed by atoms with Crippen LogP contribution in [-0.2, 0) is 17.6 Å². The summed E-state index contributed by atoms with van der Waals surface area (Å²) in [6, 6.07) is 20.5. The van der Waals surface area contributed by atoms with Crippen molar-refractivity contribution in [2.24, 2.45) is 0 Å². The molecule has 0 saturated heterocycles. The van der Waals surface area contributed by atoms with Crippen LogP contribution in [0.4, 0.5) is 8.78 Å². The quantitative estimate of drug-likeness (QED) is 0.685. The SMILES string of the molecule is O=C(Cc1ccc2ccccc2c1)NCCc1ccc(OC(F)F)cc1. The number of carbonyl (C=O) groups excluding carboxylic acids is 1. The van der Waals surface area contributed by atoms with Gasteiger partial charge >= 0.3 is 6.61 Å². The first kappa shape index (κ1) is 17.9. The maximum atomic E-state index is 12.1. The highest BCUT2D eigenvalue weighted by Crippen LogP contribution is 2.16. The summed E-state index contributed by atoms with van der Waals surface area (Å²) in [4.78, 5) is 12.1. The van der Waals surface area contributed by atoms with Crippen molar-refractivity contribution in [3.63, 3.8) is 0 Å². The zero-order valence-corrected chi connectivity index (χ0v) is 14.1. The largest absolute Gasteiger partial charge is 0.435 e. The van der Waals surface area contributed by atoms with Crippen LogP contribution in [0.25, 0.3) is 10.8 Å². The Labute approximate surface area is 150 Å². The Morgan fingerprint density at radius 2 is 1.62 bits per heavy atom. The molecule has 5 heteroatoms. The van der Waals surface area contributed by atoms with E-state index in [1.165, 1.54) is 12.1 Å². The number of hydrogen-bond donors (Lipinski definition) is 1. The summed E-state index contributed by atoms with van der Waals surface area (Å²) in [7, 11) is 0. The maximum Gasteiger partial charge on any atom is 0.387 e. The molecule has 3 aromatic carbocycles. The van der Waals surface area contributed by atoms with Crippen LogP contribution >= 0.6 is 0 Å². The molecule has 0 unspecified atom stereocenters. The summed E-state index contributed by atoms with van der Waals surface area (Å²) < 4.78 is 28.5. The van der Waals surface area contributed by atoms with Crippen molar-refractivity contribution in [1.82, 2.24) is 5.32 Å². The Morgan fingerprint density at radius 3 is 2.35 bits per heavy atom. The van der Waals surface area contributed by atoms with Crippen molar-refractivity contribution in [1.29, 1.82) is 0 Å². The van der Waals surface area contributed by atoms with Crippen LogP contribution < -0.4 is 10.1 Å². The first-order valence-corrected chi connectivity index (χ1v) is 8.38. The zero-order chi connectivity index (χ0) is 18.4. The van der Waals surface area contributed by atoms with E-state index in [1.807, 2.05) is 42.5 Å². The number of fused-ring (bicyclic) bond motifs is 1. The fourth-order valence-corrected chi connectivity index (χ4v) is 2.78. The van der Waals surface area contributed by atoms with Crippen LogP contribution in [0.15, 0.2) is 66.7 Å². The second-order valence-corrected chi connectivity index (χ2v) is 5.98. The van der Waals surface area contributed by atoms with E-state index in [0.29, 0.717) is 19.4 Å². The van der Waals surface area contributed by atoms with Gasteiger partial charge in [0.25, 0.3) is 0 Å². The van der Waals surface area contributed by atoms with Gasteiger partial charge in [0.1, 0.15) is 5.75 Å². The van der Waals surface area contributed by atoms with Gasteiger partial charge < -0.3 is 10.1 Å². The lowest BCUT2D eigenvalue weighted by molar-refractivity contribution is -0.120. The van der Waals surface area contributed by atoms with Crippen LogP contribution in [-0.4, -0.2) is 19.1 Å². The lowest BCUT2D eigenvalue weighted by Crippen LogP contribution is -2.27. The number of benzene rings is 3. The van der Waals surface area contributed by atoms with Gasteiger partial charge in [0.15, 0.2) is 0 Å². The van der Waals surface area contributed by atoms with Crippen molar-refractivity contribution >= 4 is 16.7 Å². The Balaban J connectivity index is 1.47. The number of ether oxygens (including phenoxy) is 1. The fourth-order valence-electron chi connectivity index (χ4n) is 2.78. The van der Waals surface area contributed by atoms with Crippen molar-refractivity contribution < 1.29 is 18.3 Å². The fraction of sp³-hybridized carbons (Fsp3) is 0.190. The van der Waals surface area contributed by atoms with Gasteiger partial charge in [0, 0.05) is 6.54 Å². The Kier molecular flexibility index (Phi) is 5.79. The van der Waals surface area contributed by atoms with E-state index in [9.17, 15) is 13.6 Å². The molecule has 0 aromatic heterocycles. The predicted octanol–water partition coefficient (Wildman–Crippen LogP) is 4.34. The molecule has 0 aliphatic rings. The summed E-state index contributed by atoms with van der Waals surface area (Å²) in [6.07, 6.45) is 0.949. The van der Waals surface area contributed by atoms with Crippen LogP contribution in [0.2, 0.25) is 0 Å². The molecule has 26 heavy (non-hydrogen) atoms. The van der Waals surface area contributed by atoms with Crippen LogP contribution in [0, 0.1) is 0 Å². The first-order valence-electron chi connectivity index (χ1n) is 8.38. The third-order valence-corrected chi connectivity index (χ3v) is 4.06. The van der Waals surface area contributed by atoms with Crippen molar-refractivity contribution in [2.75, 3.05) is 6.54 Å². The average Bonchev–Trinajstić information content (AvgIpc) is 2.62. The summed E-state index contributed by atoms with van der Waals surface area (Å²) >= 11 is 0. The molecule has 3 rings (SSSR count). The van der Waals surface area contributed by atoms with E-state index < -0.39 is 6.61 Å². The minimum Gasteiger partial charge on any atom is -0.435 e. The smallest absolute Gasteiger partial charge is 0.387 e. The molecule has 0 fully saturated rings. The number of carbonyl (C=O) groups is 1. The first-order chi connectivity index (χ1) is 12.6. The standard InChI is InChI=1S/C21H19F2NO2/c22-21(23)26-19-9-6-15(7-10-19)11-12-24-20(25)14-16-5-8-17-3-1-2-4-18(17)13-16/h1-10,13,21H,11-12,14H2,(H,24,25). The van der Waals surface area contributed by atoms with Crippen LogP contribution in [0.3, 0.4) is 0 Å².